The first-order chi connectivity index (χ1) is 16.8. The lowest BCUT2D eigenvalue weighted by Crippen LogP contribution is -2.31. The Morgan fingerprint density at radius 1 is 1.15 bits per heavy atom. The van der Waals surface area contributed by atoms with E-state index in [1.54, 1.807) is 12.4 Å². The fraction of sp³-hybridized carbons (Fsp3) is 0.370. The van der Waals surface area contributed by atoms with Crippen LogP contribution in [0.25, 0.3) is 11.1 Å². The van der Waals surface area contributed by atoms with Gasteiger partial charge in [0.15, 0.2) is 0 Å². The van der Waals surface area contributed by atoms with Crippen molar-refractivity contribution in [2.45, 2.75) is 32.2 Å². The minimum atomic E-state index is -0.00935. The Morgan fingerprint density at radius 3 is 2.85 bits per heavy atom. The normalized spacial score (nSPS) is 15.4. The maximum absolute atomic E-state index is 12.7. The molecule has 0 unspecified atom stereocenters. The standard InChI is InChI=1S/C27H31N5O2/c33-27(30-14-6-19-4-10-28-11-5-19)22-3-1-2-20(16-22)17-31-26-23-9-15-34-25(23)24(18-32-26)21-7-12-29-13-8-21/h1-3,7-8,12-13,16,18-19,28H,4-6,9-11,14-15,17H2,(H,30,33)(H,31,32). The molecule has 7 heteroatoms. The van der Waals surface area contributed by atoms with Crippen LogP contribution in [-0.4, -0.2) is 42.1 Å². The number of amides is 1. The third-order valence-corrected chi connectivity index (χ3v) is 6.66. The predicted octanol–water partition coefficient (Wildman–Crippen LogP) is 3.81. The quantitative estimate of drug-likeness (QED) is 0.477. The zero-order valence-electron chi connectivity index (χ0n) is 19.3. The van der Waals surface area contributed by atoms with Gasteiger partial charge in [-0.25, -0.2) is 4.98 Å². The van der Waals surface area contributed by atoms with E-state index >= 15 is 0 Å². The Balaban J connectivity index is 1.21. The van der Waals surface area contributed by atoms with Gasteiger partial charge in [-0.3, -0.25) is 9.78 Å². The van der Waals surface area contributed by atoms with Gasteiger partial charge in [-0.15, -0.1) is 0 Å². The molecule has 5 rings (SSSR count). The number of anilines is 1. The van der Waals surface area contributed by atoms with E-state index < -0.39 is 0 Å². The van der Waals surface area contributed by atoms with Crippen molar-refractivity contribution < 1.29 is 9.53 Å². The molecule has 2 aliphatic rings. The smallest absolute Gasteiger partial charge is 0.251 e. The van der Waals surface area contributed by atoms with Crippen molar-refractivity contribution in [3.05, 3.63) is 71.7 Å². The zero-order valence-corrected chi connectivity index (χ0v) is 19.3. The molecule has 34 heavy (non-hydrogen) atoms. The van der Waals surface area contributed by atoms with Gasteiger partial charge in [-0.2, -0.15) is 0 Å². The van der Waals surface area contributed by atoms with Gasteiger partial charge in [0, 0.05) is 54.8 Å². The topological polar surface area (TPSA) is 88.2 Å². The molecule has 1 aromatic carbocycles. The molecule has 0 radical (unpaired) electrons. The first-order valence-electron chi connectivity index (χ1n) is 12.1. The number of nitrogens with zero attached hydrogens (tertiary/aromatic N) is 2. The summed E-state index contributed by atoms with van der Waals surface area (Å²) in [4.78, 5) is 21.4. The second-order valence-corrected chi connectivity index (χ2v) is 8.95. The lowest BCUT2D eigenvalue weighted by Gasteiger charge is -2.22. The number of carbonyl (C=O) groups is 1. The molecule has 0 aliphatic carbocycles. The van der Waals surface area contributed by atoms with Gasteiger partial charge in [-0.1, -0.05) is 12.1 Å². The van der Waals surface area contributed by atoms with Crippen molar-refractivity contribution >= 4 is 11.7 Å². The number of piperidine rings is 1. The van der Waals surface area contributed by atoms with Crippen LogP contribution in [-0.2, 0) is 13.0 Å². The van der Waals surface area contributed by atoms with Gasteiger partial charge < -0.3 is 20.7 Å². The number of benzene rings is 1. The van der Waals surface area contributed by atoms with Gasteiger partial charge >= 0.3 is 0 Å². The van der Waals surface area contributed by atoms with Crippen LogP contribution in [0, 0.1) is 5.92 Å². The lowest BCUT2D eigenvalue weighted by molar-refractivity contribution is 0.0950. The number of hydrogen-bond acceptors (Lipinski definition) is 6. The summed E-state index contributed by atoms with van der Waals surface area (Å²) in [5.41, 5.74) is 4.87. The van der Waals surface area contributed by atoms with E-state index in [2.05, 4.69) is 25.9 Å². The van der Waals surface area contributed by atoms with Gasteiger partial charge in [0.05, 0.1) is 6.61 Å². The van der Waals surface area contributed by atoms with E-state index in [1.807, 2.05) is 42.6 Å². The number of hydrogen-bond donors (Lipinski definition) is 3. The fourth-order valence-corrected chi connectivity index (χ4v) is 4.75. The fourth-order valence-electron chi connectivity index (χ4n) is 4.75. The Hall–Kier alpha value is -3.45. The number of aromatic nitrogens is 2. The second-order valence-electron chi connectivity index (χ2n) is 8.95. The van der Waals surface area contributed by atoms with Crippen LogP contribution < -0.4 is 20.7 Å². The molecule has 176 valence electrons. The van der Waals surface area contributed by atoms with Gasteiger partial charge in [0.2, 0.25) is 0 Å². The molecule has 3 N–H and O–H groups in total. The molecular formula is C27H31N5O2. The van der Waals surface area contributed by atoms with E-state index in [-0.39, 0.29) is 5.91 Å². The molecule has 7 nitrogen and oxygen atoms in total. The average molecular weight is 458 g/mol. The maximum Gasteiger partial charge on any atom is 0.251 e. The molecule has 1 saturated heterocycles. The van der Waals surface area contributed by atoms with E-state index in [0.29, 0.717) is 24.6 Å². The monoisotopic (exact) mass is 457 g/mol. The molecular weight excluding hydrogens is 426 g/mol. The molecule has 3 aromatic rings. The highest BCUT2D eigenvalue weighted by Crippen LogP contribution is 2.39. The van der Waals surface area contributed by atoms with Crippen LogP contribution in [0.3, 0.4) is 0 Å². The molecule has 2 aromatic heterocycles. The van der Waals surface area contributed by atoms with Crippen molar-refractivity contribution in [3.63, 3.8) is 0 Å². The van der Waals surface area contributed by atoms with E-state index in [1.165, 1.54) is 12.8 Å². The summed E-state index contributed by atoms with van der Waals surface area (Å²) < 4.78 is 5.95. The predicted molar refractivity (Wildman–Crippen MR) is 133 cm³/mol. The van der Waals surface area contributed by atoms with Crippen LogP contribution in [0.4, 0.5) is 5.82 Å². The largest absolute Gasteiger partial charge is 0.492 e. The summed E-state index contributed by atoms with van der Waals surface area (Å²) in [5.74, 6) is 2.43. The van der Waals surface area contributed by atoms with E-state index in [4.69, 9.17) is 4.74 Å². The van der Waals surface area contributed by atoms with Gasteiger partial charge in [0.1, 0.15) is 11.6 Å². The van der Waals surface area contributed by atoms with Crippen LogP contribution in [0.15, 0.2) is 55.0 Å². The highest BCUT2D eigenvalue weighted by Gasteiger charge is 2.22. The lowest BCUT2D eigenvalue weighted by atomic mass is 9.95. The first kappa shape index (κ1) is 22.3. The number of fused-ring (bicyclic) bond motifs is 1. The Morgan fingerprint density at radius 2 is 2.00 bits per heavy atom. The van der Waals surface area contributed by atoms with Gasteiger partial charge in [0.25, 0.3) is 5.91 Å². The van der Waals surface area contributed by atoms with Crippen molar-refractivity contribution in [2.24, 2.45) is 5.92 Å². The van der Waals surface area contributed by atoms with Crippen LogP contribution in [0.2, 0.25) is 0 Å². The van der Waals surface area contributed by atoms with Crippen molar-refractivity contribution in [2.75, 3.05) is 31.6 Å². The molecule has 0 atom stereocenters. The third kappa shape index (κ3) is 5.20. The van der Waals surface area contributed by atoms with Crippen molar-refractivity contribution in [1.29, 1.82) is 0 Å². The average Bonchev–Trinajstić information content (AvgIpc) is 3.39. The highest BCUT2D eigenvalue weighted by molar-refractivity contribution is 5.94. The number of nitrogens with one attached hydrogen (secondary N) is 3. The van der Waals surface area contributed by atoms with Crippen molar-refractivity contribution in [3.8, 4) is 16.9 Å². The summed E-state index contributed by atoms with van der Waals surface area (Å²) in [6, 6.07) is 11.7. The Kier molecular flexibility index (Phi) is 7.00. The zero-order chi connectivity index (χ0) is 23.2. The molecule has 4 heterocycles. The van der Waals surface area contributed by atoms with E-state index in [9.17, 15) is 4.79 Å². The SMILES string of the molecule is O=C(NCCC1CCNCC1)c1cccc(CNc2ncc(-c3ccncc3)c3c2CCO3)c1. The summed E-state index contributed by atoms with van der Waals surface area (Å²) in [6.45, 7) is 4.14. The van der Waals surface area contributed by atoms with Crippen molar-refractivity contribution in [1.82, 2.24) is 20.6 Å². The Labute approximate surface area is 200 Å². The number of pyridine rings is 2. The summed E-state index contributed by atoms with van der Waals surface area (Å²) in [5, 5.41) is 9.93. The van der Waals surface area contributed by atoms with Crippen LogP contribution in [0.1, 0.15) is 40.7 Å². The molecule has 1 fully saturated rings. The summed E-state index contributed by atoms with van der Waals surface area (Å²) >= 11 is 0. The second kappa shape index (κ2) is 10.7. The molecule has 0 spiro atoms. The minimum absolute atomic E-state index is 0.00935. The molecule has 1 amide bonds. The van der Waals surface area contributed by atoms with Crippen LogP contribution in [0.5, 0.6) is 5.75 Å². The third-order valence-electron chi connectivity index (χ3n) is 6.66. The molecule has 2 aliphatic heterocycles. The minimum Gasteiger partial charge on any atom is -0.492 e. The summed E-state index contributed by atoms with van der Waals surface area (Å²) in [7, 11) is 0. The van der Waals surface area contributed by atoms with Gasteiger partial charge in [-0.05, 0) is 73.7 Å². The number of ether oxygens (including phenoxy) is 1. The molecule has 0 saturated carbocycles. The van der Waals surface area contributed by atoms with Crippen LogP contribution >= 0.6 is 0 Å². The maximum atomic E-state index is 12.7. The number of carbonyl (C=O) groups excluding carboxylic acids is 1. The highest BCUT2D eigenvalue weighted by atomic mass is 16.5. The number of rotatable bonds is 8. The Bertz CT molecular complexity index is 1130. The molecule has 0 bridgehead atoms. The summed E-state index contributed by atoms with van der Waals surface area (Å²) in [6.07, 6.45) is 9.67. The van der Waals surface area contributed by atoms with E-state index in [0.717, 1.165) is 66.3 Å². The first-order valence-corrected chi connectivity index (χ1v) is 12.1.